The Morgan fingerprint density at radius 1 is 1.19 bits per heavy atom. The van der Waals surface area contributed by atoms with Crippen molar-refractivity contribution in [1.82, 2.24) is 5.01 Å². The third kappa shape index (κ3) is 5.12. The smallest absolute Gasteiger partial charge is 0.464 e. The summed E-state index contributed by atoms with van der Waals surface area (Å²) in [5.41, 5.74) is 0. The van der Waals surface area contributed by atoms with Crippen LogP contribution in [0, 0.1) is 0 Å². The second-order valence-corrected chi connectivity index (χ2v) is 9.92. The first-order valence-electron chi connectivity index (χ1n) is 7.81. The molecule has 0 aliphatic carbocycles. The van der Waals surface area contributed by atoms with E-state index >= 15 is 0 Å². The number of carboxylic acids is 1. The predicted molar refractivity (Wildman–Crippen MR) is 92.0 cm³/mol. The fourth-order valence-corrected chi connectivity index (χ4v) is 4.77. The molecule has 13 heteroatoms. The molecule has 0 aromatic rings. The summed E-state index contributed by atoms with van der Waals surface area (Å²) < 4.78 is 30.9. The lowest BCUT2D eigenvalue weighted by Crippen LogP contribution is -2.69. The molecule has 0 spiro atoms. The van der Waals surface area contributed by atoms with Crippen molar-refractivity contribution in [3.8, 4) is 0 Å². The van der Waals surface area contributed by atoms with Crippen molar-refractivity contribution in [2.75, 3.05) is 6.54 Å². The SMILES string of the molecule is CC(=O)SC(C)(C)CC(=O)[N+](CCC(=O)O)(N1C(=O)CCC1=O)S(=O)(=O)O. The Morgan fingerprint density at radius 3 is 2.04 bits per heavy atom. The molecule has 1 unspecified atom stereocenters. The minimum atomic E-state index is -5.46. The van der Waals surface area contributed by atoms with E-state index in [9.17, 15) is 36.9 Å². The van der Waals surface area contributed by atoms with Crippen LogP contribution in [0.3, 0.4) is 0 Å². The molecular formula is C14H21N2O9S2+. The first-order chi connectivity index (χ1) is 12.1. The van der Waals surface area contributed by atoms with E-state index in [0.29, 0.717) is 0 Å². The van der Waals surface area contributed by atoms with Crippen molar-refractivity contribution in [1.29, 1.82) is 0 Å². The predicted octanol–water partition coefficient (Wildman–Crippen LogP) is 0.120. The summed E-state index contributed by atoms with van der Waals surface area (Å²) in [6.45, 7) is 3.10. The Balaban J connectivity index is 3.53. The number of hydrogen-bond donors (Lipinski definition) is 2. The number of aliphatic carboxylic acids is 1. The summed E-state index contributed by atoms with van der Waals surface area (Å²) in [5, 5.41) is 8.66. The minimum absolute atomic E-state index is 0.106. The van der Waals surface area contributed by atoms with Crippen LogP contribution in [0.4, 0.5) is 0 Å². The Hall–Kier alpha value is -1.83. The Morgan fingerprint density at radius 2 is 1.67 bits per heavy atom. The third-order valence-electron chi connectivity index (χ3n) is 3.75. The van der Waals surface area contributed by atoms with Gasteiger partial charge in [-0.2, -0.15) is 0 Å². The van der Waals surface area contributed by atoms with Crippen molar-refractivity contribution < 1.29 is 46.0 Å². The van der Waals surface area contributed by atoms with E-state index < -0.39 is 62.1 Å². The molecule has 0 aromatic carbocycles. The molecule has 152 valence electrons. The van der Waals surface area contributed by atoms with Crippen molar-refractivity contribution in [2.45, 2.75) is 51.2 Å². The number of hydrogen-bond acceptors (Lipinski definition) is 8. The fraction of sp³-hybridized carbons (Fsp3) is 0.643. The molecule has 0 aromatic heterocycles. The van der Waals surface area contributed by atoms with Crippen LogP contribution in [0.25, 0.3) is 0 Å². The van der Waals surface area contributed by atoms with Crippen LogP contribution in [0.15, 0.2) is 0 Å². The van der Waals surface area contributed by atoms with Gasteiger partial charge >= 0.3 is 22.2 Å². The van der Waals surface area contributed by atoms with Gasteiger partial charge in [0.1, 0.15) is 6.54 Å². The molecule has 2 N–H and O–H groups in total. The number of thioether (sulfide) groups is 1. The van der Waals surface area contributed by atoms with Crippen molar-refractivity contribution in [3.63, 3.8) is 0 Å². The molecule has 1 rings (SSSR count). The maximum atomic E-state index is 13.0. The van der Waals surface area contributed by atoms with Gasteiger partial charge in [-0.25, -0.2) is 9.35 Å². The Kier molecular flexibility index (Phi) is 6.91. The number of quaternary nitrogens is 1. The van der Waals surface area contributed by atoms with Crippen LogP contribution in [0.1, 0.15) is 46.5 Å². The molecule has 1 saturated heterocycles. The number of carboxylic acid groups (broad SMARTS) is 1. The highest BCUT2D eigenvalue weighted by atomic mass is 32.2. The molecular weight excluding hydrogens is 404 g/mol. The highest BCUT2D eigenvalue weighted by Gasteiger charge is 2.61. The summed E-state index contributed by atoms with van der Waals surface area (Å²) in [6.07, 6.45) is -2.29. The third-order valence-corrected chi connectivity index (χ3v) is 6.04. The van der Waals surface area contributed by atoms with E-state index in [1.165, 1.54) is 20.8 Å². The normalized spacial score (nSPS) is 17.7. The average Bonchev–Trinajstić information content (AvgIpc) is 2.76. The largest absolute Gasteiger partial charge is 0.481 e. The molecule has 1 aliphatic rings. The molecule has 0 saturated carbocycles. The van der Waals surface area contributed by atoms with Gasteiger partial charge in [-0.3, -0.25) is 19.2 Å². The first-order valence-corrected chi connectivity index (χ1v) is 10.0. The summed E-state index contributed by atoms with van der Waals surface area (Å²) in [7, 11) is -5.46. The van der Waals surface area contributed by atoms with E-state index in [-0.39, 0.29) is 23.0 Å². The highest BCUT2D eigenvalue weighted by molar-refractivity contribution is 8.14. The molecule has 11 nitrogen and oxygen atoms in total. The molecule has 1 atom stereocenters. The standard InChI is InChI=1S/C14H20N2O9S2/c1-9(17)26-14(2,3)8-12(20)16(27(23,24)25,7-6-13(21)22)15-10(18)4-5-11(15)19/h4-8H2,1-3H3,(H-,21,22,23,24,25)/p+1. The molecule has 27 heavy (non-hydrogen) atoms. The maximum Gasteiger partial charge on any atom is 0.464 e. The molecule has 1 heterocycles. The number of carbonyl (C=O) groups is 5. The fourth-order valence-electron chi connectivity index (χ4n) is 2.77. The number of carbonyl (C=O) groups excluding carboxylic acids is 4. The van der Waals surface area contributed by atoms with Crippen LogP contribution in [-0.2, 0) is 34.3 Å². The Labute approximate surface area is 160 Å². The van der Waals surface area contributed by atoms with Crippen molar-refractivity contribution >= 4 is 50.9 Å². The quantitative estimate of drug-likeness (QED) is 0.310. The van der Waals surface area contributed by atoms with Gasteiger partial charge in [0.25, 0.3) is 11.8 Å². The van der Waals surface area contributed by atoms with Crippen molar-refractivity contribution in [3.05, 3.63) is 0 Å². The second kappa shape index (κ2) is 8.04. The van der Waals surface area contributed by atoms with Gasteiger partial charge in [0.05, 0.1) is 12.8 Å². The summed E-state index contributed by atoms with van der Waals surface area (Å²) in [5.74, 6) is -4.83. The van der Waals surface area contributed by atoms with E-state index in [1.54, 1.807) is 0 Å². The topological polar surface area (TPSA) is 163 Å². The summed E-state index contributed by atoms with van der Waals surface area (Å²) >= 11 is 0.729. The van der Waals surface area contributed by atoms with Crippen LogP contribution in [0.5, 0.6) is 0 Å². The first kappa shape index (κ1) is 23.2. The van der Waals surface area contributed by atoms with Crippen LogP contribution in [-0.4, -0.2) is 67.2 Å². The van der Waals surface area contributed by atoms with Crippen LogP contribution < -0.4 is 0 Å². The zero-order chi connectivity index (χ0) is 21.2. The van der Waals surface area contributed by atoms with Crippen molar-refractivity contribution in [2.24, 2.45) is 0 Å². The average molecular weight is 425 g/mol. The zero-order valence-corrected chi connectivity index (χ0v) is 16.6. The highest BCUT2D eigenvalue weighted by Crippen LogP contribution is 2.34. The Bertz CT molecular complexity index is 774. The van der Waals surface area contributed by atoms with Gasteiger partial charge in [0.2, 0.25) is 0 Å². The lowest BCUT2D eigenvalue weighted by Gasteiger charge is -2.36. The minimum Gasteiger partial charge on any atom is -0.481 e. The molecule has 1 aliphatic heterocycles. The van der Waals surface area contributed by atoms with E-state index in [4.69, 9.17) is 5.11 Å². The van der Waals surface area contributed by atoms with Gasteiger partial charge in [-0.15, -0.1) is 8.42 Å². The molecule has 3 amide bonds. The monoisotopic (exact) mass is 425 g/mol. The molecule has 0 bridgehead atoms. The number of nitrogens with zero attached hydrogens (tertiary/aromatic N) is 2. The lowest BCUT2D eigenvalue weighted by atomic mass is 10.1. The summed E-state index contributed by atoms with van der Waals surface area (Å²) in [6, 6.07) is 0. The van der Waals surface area contributed by atoms with Gasteiger partial charge < -0.3 is 5.11 Å². The lowest BCUT2D eigenvalue weighted by molar-refractivity contribution is -0.832. The number of imide groups is 1. The molecule has 1 fully saturated rings. The van der Waals surface area contributed by atoms with Gasteiger partial charge in [-0.05, 0) is 17.8 Å². The molecule has 0 radical (unpaired) electrons. The van der Waals surface area contributed by atoms with E-state index in [1.807, 2.05) is 0 Å². The number of rotatable bonds is 8. The van der Waals surface area contributed by atoms with E-state index in [0.717, 1.165) is 11.8 Å². The van der Waals surface area contributed by atoms with Gasteiger partial charge in [0, 0.05) is 24.5 Å². The second-order valence-electron chi connectivity index (χ2n) is 6.54. The maximum absolute atomic E-state index is 13.0. The van der Waals surface area contributed by atoms with Crippen LogP contribution in [0.2, 0.25) is 0 Å². The summed E-state index contributed by atoms with van der Waals surface area (Å²) in [4.78, 5) is 59.5. The van der Waals surface area contributed by atoms with Gasteiger partial charge in [0.15, 0.2) is 5.12 Å². The zero-order valence-electron chi connectivity index (χ0n) is 15.0. The van der Waals surface area contributed by atoms with E-state index in [2.05, 4.69) is 0 Å². The van der Waals surface area contributed by atoms with Crippen LogP contribution >= 0.6 is 11.8 Å². The van der Waals surface area contributed by atoms with Gasteiger partial charge in [-0.1, -0.05) is 16.8 Å². The number of amides is 3.